The summed E-state index contributed by atoms with van der Waals surface area (Å²) in [6.45, 7) is 1.67. The fourth-order valence-corrected chi connectivity index (χ4v) is 2.01. The summed E-state index contributed by atoms with van der Waals surface area (Å²) in [5.74, 6) is -0.312. The topological polar surface area (TPSA) is 71.3 Å². The lowest BCUT2D eigenvalue weighted by Crippen LogP contribution is -2.40. The smallest absolute Gasteiger partial charge is 0.273 e. The van der Waals surface area contributed by atoms with E-state index in [4.69, 9.17) is 4.42 Å². The molecular formula is C13H12N2O3S. The predicted molar refractivity (Wildman–Crippen MR) is 72.4 cm³/mol. The van der Waals surface area contributed by atoms with Crippen LogP contribution in [0.1, 0.15) is 21.0 Å². The van der Waals surface area contributed by atoms with E-state index in [2.05, 4.69) is 10.9 Å². The van der Waals surface area contributed by atoms with Gasteiger partial charge in [0.2, 0.25) is 0 Å². The summed E-state index contributed by atoms with van der Waals surface area (Å²) in [5.41, 5.74) is 5.00. The highest BCUT2D eigenvalue weighted by atomic mass is 32.1. The maximum absolute atomic E-state index is 11.7. The molecular weight excluding hydrogens is 264 g/mol. The molecule has 0 aliphatic carbocycles. The molecule has 2 heterocycles. The largest absolute Gasteiger partial charge is 0.469 e. The maximum Gasteiger partial charge on any atom is 0.273 e. The quantitative estimate of drug-likeness (QED) is 0.666. The van der Waals surface area contributed by atoms with E-state index in [0.29, 0.717) is 11.3 Å². The van der Waals surface area contributed by atoms with E-state index in [1.54, 1.807) is 13.0 Å². The molecule has 0 fully saturated rings. The fourth-order valence-electron chi connectivity index (χ4n) is 1.39. The summed E-state index contributed by atoms with van der Waals surface area (Å²) in [4.78, 5) is 24.1. The SMILES string of the molecule is Cc1occc1C(=O)NNC(=O)C=Cc1cccs1. The van der Waals surface area contributed by atoms with E-state index in [1.165, 1.54) is 29.7 Å². The summed E-state index contributed by atoms with van der Waals surface area (Å²) < 4.78 is 5.00. The zero-order valence-electron chi connectivity index (χ0n) is 10.2. The molecule has 2 N–H and O–H groups in total. The zero-order chi connectivity index (χ0) is 13.7. The van der Waals surface area contributed by atoms with Crippen LogP contribution >= 0.6 is 11.3 Å². The molecule has 0 bridgehead atoms. The van der Waals surface area contributed by atoms with Gasteiger partial charge in [-0.2, -0.15) is 0 Å². The van der Waals surface area contributed by atoms with Gasteiger partial charge in [-0.3, -0.25) is 20.4 Å². The van der Waals surface area contributed by atoms with E-state index in [1.807, 2.05) is 17.5 Å². The summed E-state index contributed by atoms with van der Waals surface area (Å²) >= 11 is 1.52. The molecule has 2 amide bonds. The Labute approximate surface area is 113 Å². The van der Waals surface area contributed by atoms with Gasteiger partial charge in [-0.15, -0.1) is 11.3 Å². The second-order valence-corrected chi connectivity index (χ2v) is 4.66. The lowest BCUT2D eigenvalue weighted by atomic mass is 10.2. The Morgan fingerprint density at radius 3 is 2.79 bits per heavy atom. The third kappa shape index (κ3) is 3.56. The molecule has 0 saturated heterocycles. The van der Waals surface area contributed by atoms with Crippen molar-refractivity contribution in [3.8, 4) is 0 Å². The van der Waals surface area contributed by atoms with Crippen molar-refractivity contribution in [3.63, 3.8) is 0 Å². The van der Waals surface area contributed by atoms with Crippen LogP contribution in [0.2, 0.25) is 0 Å². The van der Waals surface area contributed by atoms with Crippen molar-refractivity contribution in [1.29, 1.82) is 0 Å². The van der Waals surface area contributed by atoms with Gasteiger partial charge in [0.05, 0.1) is 11.8 Å². The minimum Gasteiger partial charge on any atom is -0.469 e. The van der Waals surface area contributed by atoms with Crippen LogP contribution in [0, 0.1) is 6.92 Å². The van der Waals surface area contributed by atoms with Gasteiger partial charge in [-0.05, 0) is 30.5 Å². The minimum absolute atomic E-state index is 0.391. The molecule has 0 aliphatic rings. The molecule has 0 spiro atoms. The molecule has 2 aromatic rings. The van der Waals surface area contributed by atoms with Crippen LogP contribution in [-0.4, -0.2) is 11.8 Å². The molecule has 0 aromatic carbocycles. The summed E-state index contributed by atoms with van der Waals surface area (Å²) in [7, 11) is 0. The number of rotatable bonds is 3. The number of hydrogen-bond donors (Lipinski definition) is 2. The monoisotopic (exact) mass is 276 g/mol. The van der Waals surface area contributed by atoms with Crippen LogP contribution in [0.4, 0.5) is 0 Å². The first kappa shape index (κ1) is 13.1. The van der Waals surface area contributed by atoms with Crippen LogP contribution < -0.4 is 10.9 Å². The molecule has 6 heteroatoms. The third-order valence-corrected chi connectivity index (χ3v) is 3.18. The number of aryl methyl sites for hydroxylation is 1. The van der Waals surface area contributed by atoms with Crippen molar-refractivity contribution in [2.75, 3.05) is 0 Å². The summed E-state index contributed by atoms with van der Waals surface area (Å²) in [5, 5.41) is 1.92. The normalized spacial score (nSPS) is 10.6. The number of thiophene rings is 1. The molecule has 0 atom stereocenters. The van der Waals surface area contributed by atoms with Gasteiger partial charge in [-0.25, -0.2) is 0 Å². The van der Waals surface area contributed by atoms with Gasteiger partial charge in [0.15, 0.2) is 0 Å². The molecule has 0 aliphatic heterocycles. The van der Waals surface area contributed by atoms with Gasteiger partial charge in [0, 0.05) is 11.0 Å². The van der Waals surface area contributed by atoms with Gasteiger partial charge >= 0.3 is 0 Å². The van der Waals surface area contributed by atoms with Crippen molar-refractivity contribution in [3.05, 3.63) is 52.1 Å². The first-order valence-corrected chi connectivity index (χ1v) is 6.41. The molecule has 2 rings (SSSR count). The molecule has 19 heavy (non-hydrogen) atoms. The average Bonchev–Trinajstić information content (AvgIpc) is 3.04. The maximum atomic E-state index is 11.7. The van der Waals surface area contributed by atoms with E-state index in [-0.39, 0.29) is 0 Å². The number of carbonyl (C=O) groups excluding carboxylic acids is 2. The summed E-state index contributed by atoms with van der Waals surface area (Å²) in [6.07, 6.45) is 4.45. The first-order valence-electron chi connectivity index (χ1n) is 5.53. The molecule has 0 saturated carbocycles. The van der Waals surface area contributed by atoms with Crippen LogP contribution in [-0.2, 0) is 4.79 Å². The Hall–Kier alpha value is -2.34. The Morgan fingerprint density at radius 1 is 1.32 bits per heavy atom. The molecule has 2 aromatic heterocycles. The Kier molecular flexibility index (Phi) is 4.15. The predicted octanol–water partition coefficient (Wildman–Crippen LogP) is 2.12. The Morgan fingerprint density at radius 2 is 2.16 bits per heavy atom. The van der Waals surface area contributed by atoms with Crippen molar-refractivity contribution < 1.29 is 14.0 Å². The van der Waals surface area contributed by atoms with Crippen molar-refractivity contribution in [1.82, 2.24) is 10.9 Å². The van der Waals surface area contributed by atoms with Crippen molar-refractivity contribution in [2.45, 2.75) is 6.92 Å². The van der Waals surface area contributed by atoms with Crippen molar-refractivity contribution >= 4 is 29.2 Å². The van der Waals surface area contributed by atoms with E-state index < -0.39 is 11.8 Å². The standard InChI is InChI=1S/C13H12N2O3S/c1-9-11(6-7-18-9)13(17)15-14-12(16)5-4-10-3-2-8-19-10/h2-8H,1H3,(H,14,16)(H,15,17). The first-order chi connectivity index (χ1) is 9.16. The number of furan rings is 1. The highest BCUT2D eigenvalue weighted by molar-refractivity contribution is 7.10. The Balaban J connectivity index is 1.84. The van der Waals surface area contributed by atoms with Crippen LogP contribution in [0.25, 0.3) is 6.08 Å². The third-order valence-electron chi connectivity index (χ3n) is 2.34. The highest BCUT2D eigenvalue weighted by Gasteiger charge is 2.11. The zero-order valence-corrected chi connectivity index (χ0v) is 11.0. The average molecular weight is 276 g/mol. The molecule has 0 unspecified atom stereocenters. The van der Waals surface area contributed by atoms with Crippen molar-refractivity contribution in [2.24, 2.45) is 0 Å². The van der Waals surface area contributed by atoms with E-state index >= 15 is 0 Å². The molecule has 5 nitrogen and oxygen atoms in total. The van der Waals surface area contributed by atoms with E-state index in [9.17, 15) is 9.59 Å². The van der Waals surface area contributed by atoms with Crippen LogP contribution in [0.5, 0.6) is 0 Å². The number of nitrogens with one attached hydrogen (secondary N) is 2. The number of hydrazine groups is 1. The number of carbonyl (C=O) groups is 2. The fraction of sp³-hybridized carbons (Fsp3) is 0.0769. The van der Waals surface area contributed by atoms with Gasteiger partial charge < -0.3 is 4.42 Å². The van der Waals surface area contributed by atoms with Crippen LogP contribution in [0.15, 0.2) is 40.3 Å². The Bertz CT molecular complexity index is 599. The lowest BCUT2D eigenvalue weighted by molar-refractivity contribution is -0.117. The second-order valence-electron chi connectivity index (χ2n) is 3.68. The summed E-state index contributed by atoms with van der Waals surface area (Å²) in [6, 6.07) is 5.33. The number of hydrogen-bond acceptors (Lipinski definition) is 4. The van der Waals surface area contributed by atoms with Gasteiger partial charge in [0.1, 0.15) is 5.76 Å². The second kappa shape index (κ2) is 6.01. The minimum atomic E-state index is -0.413. The van der Waals surface area contributed by atoms with Gasteiger partial charge in [0.25, 0.3) is 11.8 Å². The molecule has 0 radical (unpaired) electrons. The van der Waals surface area contributed by atoms with E-state index in [0.717, 1.165) is 4.88 Å². The highest BCUT2D eigenvalue weighted by Crippen LogP contribution is 2.10. The van der Waals surface area contributed by atoms with Gasteiger partial charge in [-0.1, -0.05) is 6.07 Å². The number of amides is 2. The van der Waals surface area contributed by atoms with Crippen LogP contribution in [0.3, 0.4) is 0 Å². The molecule has 98 valence electrons. The lowest BCUT2D eigenvalue weighted by Gasteiger charge is -2.03.